The Bertz CT molecular complexity index is 1160. The maximum atomic E-state index is 12.3. The van der Waals surface area contributed by atoms with Crippen LogP contribution >= 0.6 is 0 Å². The molecule has 0 aliphatic carbocycles. The average Bonchev–Trinajstić information content (AvgIpc) is 2.95. The van der Waals surface area contributed by atoms with Gasteiger partial charge in [-0.3, -0.25) is 4.79 Å². The average molecular weight is 502 g/mol. The van der Waals surface area contributed by atoms with E-state index in [2.05, 4.69) is 61.6 Å². The van der Waals surface area contributed by atoms with Crippen LogP contribution in [0.4, 0.5) is 0 Å². The first-order chi connectivity index (χ1) is 18.1. The van der Waals surface area contributed by atoms with Gasteiger partial charge in [-0.2, -0.15) is 0 Å². The monoisotopic (exact) mass is 501 g/mol. The molecule has 2 aliphatic heterocycles. The van der Waals surface area contributed by atoms with Crippen LogP contribution in [-0.4, -0.2) is 38.4 Å². The highest BCUT2D eigenvalue weighted by Crippen LogP contribution is 2.43. The van der Waals surface area contributed by atoms with Gasteiger partial charge < -0.3 is 24.3 Å². The van der Waals surface area contributed by atoms with Crippen molar-refractivity contribution in [3.8, 4) is 17.2 Å². The molecular formula is C31H35NO5. The van der Waals surface area contributed by atoms with Crippen molar-refractivity contribution < 1.29 is 23.7 Å². The number of ether oxygens (including phenoxy) is 4. The highest BCUT2D eigenvalue weighted by Gasteiger charge is 2.34. The number of nitrogens with one attached hydrogen (secondary N) is 1. The van der Waals surface area contributed by atoms with E-state index in [0.717, 1.165) is 24.3 Å². The molecule has 0 radical (unpaired) electrons. The number of carbonyl (C=O) groups is 1. The molecule has 0 saturated carbocycles. The number of amides is 1. The fourth-order valence-electron chi connectivity index (χ4n) is 5.13. The van der Waals surface area contributed by atoms with E-state index in [-0.39, 0.29) is 24.7 Å². The summed E-state index contributed by atoms with van der Waals surface area (Å²) in [5, 5.41) is 2.86. The molecule has 1 unspecified atom stereocenters. The standard InChI is InChI=1S/C31H35NO5/c1-21(2)27-16-24(22-8-4-3-5-9-22)18-36-31(27)23-12-14-25(15-13-23)34-20-30(33)32-17-26-19-35-28-10-6-7-11-29(28)37-26/h3-15,21,24,26-27,31H,16-20H2,1-2H3,(H,32,33)/t24-,26?,27-,31-/m0/s1. The predicted octanol–water partition coefficient (Wildman–Crippen LogP) is 5.54. The number of hydrogen-bond acceptors (Lipinski definition) is 5. The second-order valence-corrected chi connectivity index (χ2v) is 10.2. The normalized spacial score (nSPS) is 22.9. The van der Waals surface area contributed by atoms with E-state index in [9.17, 15) is 4.79 Å². The Balaban J connectivity index is 1.10. The van der Waals surface area contributed by atoms with Gasteiger partial charge in [-0.05, 0) is 53.6 Å². The van der Waals surface area contributed by atoms with Crippen molar-refractivity contribution >= 4 is 5.91 Å². The van der Waals surface area contributed by atoms with Gasteiger partial charge in [-0.15, -0.1) is 0 Å². The van der Waals surface area contributed by atoms with Crippen LogP contribution in [0.2, 0.25) is 0 Å². The molecule has 2 heterocycles. The zero-order valence-corrected chi connectivity index (χ0v) is 21.5. The Labute approximate surface area is 218 Å². The lowest BCUT2D eigenvalue weighted by molar-refractivity contribution is -0.123. The lowest BCUT2D eigenvalue weighted by Crippen LogP contribution is -2.42. The summed E-state index contributed by atoms with van der Waals surface area (Å²) in [5.74, 6) is 3.23. The summed E-state index contributed by atoms with van der Waals surface area (Å²) in [7, 11) is 0. The fraction of sp³-hybridized carbons (Fsp3) is 0.387. The van der Waals surface area contributed by atoms with E-state index in [4.69, 9.17) is 18.9 Å². The summed E-state index contributed by atoms with van der Waals surface area (Å²) in [6, 6.07) is 26.1. The minimum absolute atomic E-state index is 0.0557. The summed E-state index contributed by atoms with van der Waals surface area (Å²) in [6.45, 7) is 5.96. The summed E-state index contributed by atoms with van der Waals surface area (Å²) in [4.78, 5) is 12.3. The van der Waals surface area contributed by atoms with E-state index < -0.39 is 0 Å². The molecule has 5 rings (SSSR count). The van der Waals surface area contributed by atoms with Crippen LogP contribution in [0.1, 0.15) is 43.4 Å². The number of benzene rings is 3. The van der Waals surface area contributed by atoms with E-state index in [1.54, 1.807) is 0 Å². The smallest absolute Gasteiger partial charge is 0.258 e. The van der Waals surface area contributed by atoms with Gasteiger partial charge >= 0.3 is 0 Å². The molecule has 1 amide bonds. The van der Waals surface area contributed by atoms with Crippen LogP contribution in [0, 0.1) is 11.8 Å². The number of para-hydroxylation sites is 2. The molecule has 194 valence electrons. The Morgan fingerprint density at radius 3 is 2.41 bits per heavy atom. The van der Waals surface area contributed by atoms with Gasteiger partial charge in [0.1, 0.15) is 18.5 Å². The Kier molecular flexibility index (Phi) is 7.95. The van der Waals surface area contributed by atoms with Crippen LogP contribution in [0.5, 0.6) is 17.2 Å². The van der Waals surface area contributed by atoms with E-state index in [1.807, 2.05) is 36.4 Å². The maximum Gasteiger partial charge on any atom is 0.258 e. The third-order valence-electron chi connectivity index (χ3n) is 7.22. The lowest BCUT2D eigenvalue weighted by atomic mass is 9.76. The molecule has 0 spiro atoms. The summed E-state index contributed by atoms with van der Waals surface area (Å²) < 4.78 is 23.7. The van der Waals surface area contributed by atoms with Gasteiger partial charge in [0, 0.05) is 5.92 Å². The van der Waals surface area contributed by atoms with Crippen molar-refractivity contribution in [3.05, 3.63) is 90.0 Å². The van der Waals surface area contributed by atoms with Crippen LogP contribution < -0.4 is 19.5 Å². The number of hydrogen-bond donors (Lipinski definition) is 1. The number of rotatable bonds is 8. The molecule has 3 aromatic carbocycles. The number of carbonyl (C=O) groups excluding carboxylic acids is 1. The van der Waals surface area contributed by atoms with Gasteiger partial charge in [0.2, 0.25) is 0 Å². The first kappa shape index (κ1) is 25.2. The third kappa shape index (κ3) is 6.25. The second-order valence-electron chi connectivity index (χ2n) is 10.2. The van der Waals surface area contributed by atoms with Crippen LogP contribution in [0.15, 0.2) is 78.9 Å². The molecule has 37 heavy (non-hydrogen) atoms. The molecule has 6 heteroatoms. The molecule has 1 fully saturated rings. The minimum Gasteiger partial charge on any atom is -0.486 e. The molecule has 0 bridgehead atoms. The lowest BCUT2D eigenvalue weighted by Gasteiger charge is -2.39. The quantitative estimate of drug-likeness (QED) is 0.439. The zero-order valence-electron chi connectivity index (χ0n) is 21.5. The first-order valence-corrected chi connectivity index (χ1v) is 13.1. The minimum atomic E-state index is -0.232. The van der Waals surface area contributed by atoms with Crippen molar-refractivity contribution in [3.63, 3.8) is 0 Å². The zero-order chi connectivity index (χ0) is 25.6. The molecule has 1 saturated heterocycles. The molecule has 2 aliphatic rings. The Morgan fingerprint density at radius 1 is 0.919 bits per heavy atom. The third-order valence-corrected chi connectivity index (χ3v) is 7.22. The predicted molar refractivity (Wildman–Crippen MR) is 142 cm³/mol. The molecule has 4 atom stereocenters. The van der Waals surface area contributed by atoms with Crippen LogP contribution in [0.3, 0.4) is 0 Å². The van der Waals surface area contributed by atoms with Crippen LogP contribution in [0.25, 0.3) is 0 Å². The SMILES string of the molecule is CC(C)[C@@H]1C[C@H](c2ccccc2)CO[C@H]1c1ccc(OCC(=O)NCC2COc3ccccc3O2)cc1. The number of fused-ring (bicyclic) bond motifs is 1. The van der Waals surface area contributed by atoms with Gasteiger partial charge in [-0.25, -0.2) is 0 Å². The molecule has 1 N–H and O–H groups in total. The Hall–Kier alpha value is -3.51. The van der Waals surface area contributed by atoms with Gasteiger partial charge in [0.05, 0.1) is 19.3 Å². The van der Waals surface area contributed by atoms with Gasteiger partial charge in [0.25, 0.3) is 5.91 Å². The largest absolute Gasteiger partial charge is 0.486 e. The van der Waals surface area contributed by atoms with Crippen molar-refractivity contribution in [1.29, 1.82) is 0 Å². The van der Waals surface area contributed by atoms with Crippen molar-refractivity contribution in [2.75, 3.05) is 26.4 Å². The van der Waals surface area contributed by atoms with Crippen molar-refractivity contribution in [2.24, 2.45) is 11.8 Å². The summed E-state index contributed by atoms with van der Waals surface area (Å²) in [6.07, 6.45) is 0.927. The second kappa shape index (κ2) is 11.7. The summed E-state index contributed by atoms with van der Waals surface area (Å²) in [5.41, 5.74) is 2.50. The van der Waals surface area contributed by atoms with Crippen molar-refractivity contribution in [2.45, 2.75) is 38.4 Å². The fourth-order valence-corrected chi connectivity index (χ4v) is 5.13. The molecule has 6 nitrogen and oxygen atoms in total. The van der Waals surface area contributed by atoms with E-state index >= 15 is 0 Å². The molecule has 3 aromatic rings. The van der Waals surface area contributed by atoms with Gasteiger partial charge in [0.15, 0.2) is 18.1 Å². The molecular weight excluding hydrogens is 466 g/mol. The first-order valence-electron chi connectivity index (χ1n) is 13.1. The highest BCUT2D eigenvalue weighted by atomic mass is 16.6. The Morgan fingerprint density at radius 2 is 1.65 bits per heavy atom. The highest BCUT2D eigenvalue weighted by molar-refractivity contribution is 5.77. The van der Waals surface area contributed by atoms with E-state index in [0.29, 0.717) is 42.4 Å². The van der Waals surface area contributed by atoms with Crippen LogP contribution in [-0.2, 0) is 9.53 Å². The maximum absolute atomic E-state index is 12.3. The van der Waals surface area contributed by atoms with Crippen molar-refractivity contribution in [1.82, 2.24) is 5.32 Å². The topological polar surface area (TPSA) is 66.0 Å². The van der Waals surface area contributed by atoms with E-state index in [1.165, 1.54) is 5.56 Å². The molecule has 0 aromatic heterocycles. The summed E-state index contributed by atoms with van der Waals surface area (Å²) >= 11 is 0. The van der Waals surface area contributed by atoms with Gasteiger partial charge in [-0.1, -0.05) is 68.4 Å².